The van der Waals surface area contributed by atoms with Gasteiger partial charge in [-0.2, -0.15) is 0 Å². The number of aromatic nitrogens is 1. The van der Waals surface area contributed by atoms with Gasteiger partial charge in [-0.3, -0.25) is 14.5 Å². The fourth-order valence-electron chi connectivity index (χ4n) is 3.02. The molecule has 0 aliphatic rings. The van der Waals surface area contributed by atoms with Crippen LogP contribution in [0.2, 0.25) is 0 Å². The summed E-state index contributed by atoms with van der Waals surface area (Å²) in [5.74, 6) is 3.68. The van der Waals surface area contributed by atoms with Crippen LogP contribution in [0.15, 0.2) is 48.7 Å². The number of hydrogen-bond donors (Lipinski definition) is 1. The number of benzene rings is 2. The Morgan fingerprint density at radius 3 is 2.13 bits per heavy atom. The van der Waals surface area contributed by atoms with Crippen molar-refractivity contribution in [2.75, 3.05) is 47.7 Å². The van der Waals surface area contributed by atoms with Gasteiger partial charge in [0.1, 0.15) is 11.5 Å². The summed E-state index contributed by atoms with van der Waals surface area (Å²) >= 11 is 0. The number of nitrogens with one attached hydrogen (secondary N) is 1. The number of rotatable bonds is 5. The number of anilines is 1. The first-order valence-electron chi connectivity index (χ1n) is 9.20. The van der Waals surface area contributed by atoms with Gasteiger partial charge in [-0.25, -0.2) is 5.32 Å². The number of hydrogen-bond acceptors (Lipinski definition) is 4. The average Bonchev–Trinajstić information content (AvgIpc) is 2.71. The molecule has 160 valence electrons. The minimum absolute atomic E-state index is 0. The summed E-state index contributed by atoms with van der Waals surface area (Å²) in [4.78, 5) is 6.43. The van der Waals surface area contributed by atoms with Crippen molar-refractivity contribution >= 4 is 22.5 Å². The van der Waals surface area contributed by atoms with E-state index in [4.69, 9.17) is 14.2 Å². The Labute approximate surface area is 183 Å². The number of methoxy groups -OCH3 is 2. The van der Waals surface area contributed by atoms with Crippen LogP contribution in [0.1, 0.15) is 0 Å². The molecule has 3 aromatic rings. The van der Waals surface area contributed by atoms with Crippen LogP contribution in [0, 0.1) is 0 Å². The molecule has 7 nitrogen and oxygen atoms in total. The summed E-state index contributed by atoms with van der Waals surface area (Å²) in [5, 5.41) is 4.25. The molecule has 1 aromatic heterocycles. The lowest BCUT2D eigenvalue weighted by Gasteiger charge is -2.14. The average molecular weight is 431 g/mol. The van der Waals surface area contributed by atoms with Gasteiger partial charge in [0.05, 0.1) is 53.6 Å². The highest BCUT2D eigenvalue weighted by molar-refractivity contribution is 5.90. The Hall–Kier alpha value is -3.19. The van der Waals surface area contributed by atoms with E-state index < -0.39 is 0 Å². The standard InChI is InChI=1S/C22H26N4O3.ClH/c1-25(2)22(26(3)4)24-15-7-9-16(10-8-15)29-19-11-12-23-18-14-21(28-6)20(27-5)13-17(18)19;/h7-14H,1-6H3;1H. The quantitative estimate of drug-likeness (QED) is 0.364. The van der Waals surface area contributed by atoms with Crippen molar-refractivity contribution in [3.05, 3.63) is 48.7 Å². The second-order valence-electron chi connectivity index (χ2n) is 6.90. The van der Waals surface area contributed by atoms with Crippen LogP contribution >= 0.6 is 0 Å². The SMILES string of the molecule is COc1cc2nccc(Oc3ccc(NC(N(C)C)=[N+](C)C)cc3)c2cc1OC.[Cl-]. The molecule has 0 saturated carbocycles. The molecule has 0 bridgehead atoms. The highest BCUT2D eigenvalue weighted by atomic mass is 35.5. The van der Waals surface area contributed by atoms with Crippen molar-refractivity contribution in [3.63, 3.8) is 0 Å². The first-order chi connectivity index (χ1) is 13.9. The molecule has 0 radical (unpaired) electrons. The van der Waals surface area contributed by atoms with E-state index in [2.05, 4.69) is 10.3 Å². The molecule has 0 amide bonds. The van der Waals surface area contributed by atoms with Crippen molar-refractivity contribution in [1.82, 2.24) is 9.88 Å². The molecule has 30 heavy (non-hydrogen) atoms. The summed E-state index contributed by atoms with van der Waals surface area (Å²) in [5.41, 5.74) is 1.75. The number of nitrogens with zero attached hydrogens (tertiary/aromatic N) is 3. The van der Waals surface area contributed by atoms with E-state index >= 15 is 0 Å². The van der Waals surface area contributed by atoms with Crippen molar-refractivity contribution in [1.29, 1.82) is 0 Å². The second-order valence-corrected chi connectivity index (χ2v) is 6.90. The van der Waals surface area contributed by atoms with Gasteiger partial charge in [0, 0.05) is 17.6 Å². The molecule has 8 heteroatoms. The van der Waals surface area contributed by atoms with E-state index in [1.807, 2.05) is 80.1 Å². The normalized spacial score (nSPS) is 10.1. The third-order valence-corrected chi connectivity index (χ3v) is 4.39. The van der Waals surface area contributed by atoms with Gasteiger partial charge in [-0.05, 0) is 36.4 Å². The minimum Gasteiger partial charge on any atom is -1.00 e. The highest BCUT2D eigenvalue weighted by Gasteiger charge is 2.13. The Morgan fingerprint density at radius 2 is 1.57 bits per heavy atom. The number of halogens is 1. The fourth-order valence-corrected chi connectivity index (χ4v) is 3.02. The zero-order valence-corrected chi connectivity index (χ0v) is 18.8. The Morgan fingerprint density at radius 1 is 0.933 bits per heavy atom. The van der Waals surface area contributed by atoms with Gasteiger partial charge in [0.15, 0.2) is 11.5 Å². The summed E-state index contributed by atoms with van der Waals surface area (Å²) in [6, 6.07) is 13.4. The Bertz CT molecular complexity index is 1030. The van der Waals surface area contributed by atoms with Gasteiger partial charge < -0.3 is 26.6 Å². The predicted octanol–water partition coefficient (Wildman–Crippen LogP) is 0.650. The van der Waals surface area contributed by atoms with E-state index in [1.54, 1.807) is 20.4 Å². The minimum atomic E-state index is 0. The zero-order chi connectivity index (χ0) is 21.0. The first kappa shape index (κ1) is 23.1. The van der Waals surface area contributed by atoms with Crippen LogP contribution in [0.25, 0.3) is 10.9 Å². The smallest absolute Gasteiger partial charge is 0.352 e. The third kappa shape index (κ3) is 5.04. The van der Waals surface area contributed by atoms with Crippen LogP contribution in [0.4, 0.5) is 5.69 Å². The molecule has 3 rings (SSSR count). The fraction of sp³-hybridized carbons (Fsp3) is 0.273. The molecule has 2 aromatic carbocycles. The van der Waals surface area contributed by atoms with E-state index in [1.165, 1.54) is 0 Å². The Kier molecular flexibility index (Phi) is 7.72. The zero-order valence-electron chi connectivity index (χ0n) is 18.1. The lowest BCUT2D eigenvalue weighted by molar-refractivity contribution is -0.469. The third-order valence-electron chi connectivity index (χ3n) is 4.39. The van der Waals surface area contributed by atoms with Crippen LogP contribution in [-0.2, 0) is 0 Å². The molecule has 1 N–H and O–H groups in total. The summed E-state index contributed by atoms with van der Waals surface area (Å²) < 4.78 is 18.9. The molecule has 0 aliphatic carbocycles. The van der Waals surface area contributed by atoms with Crippen molar-refractivity contribution in [3.8, 4) is 23.0 Å². The summed E-state index contributed by atoms with van der Waals surface area (Å²) in [7, 11) is 11.2. The van der Waals surface area contributed by atoms with Crippen molar-refractivity contribution < 1.29 is 31.2 Å². The molecule has 0 fully saturated rings. The van der Waals surface area contributed by atoms with Crippen LogP contribution < -0.4 is 31.9 Å². The number of guanidine groups is 1. The van der Waals surface area contributed by atoms with E-state index in [-0.39, 0.29) is 12.4 Å². The predicted molar refractivity (Wildman–Crippen MR) is 116 cm³/mol. The number of pyridine rings is 1. The van der Waals surface area contributed by atoms with Crippen molar-refractivity contribution in [2.24, 2.45) is 0 Å². The highest BCUT2D eigenvalue weighted by Crippen LogP contribution is 2.36. The van der Waals surface area contributed by atoms with E-state index in [9.17, 15) is 0 Å². The molecule has 0 atom stereocenters. The van der Waals surface area contributed by atoms with Crippen LogP contribution in [0.3, 0.4) is 0 Å². The van der Waals surface area contributed by atoms with E-state index in [0.29, 0.717) is 17.2 Å². The summed E-state index contributed by atoms with van der Waals surface area (Å²) in [6.07, 6.45) is 1.72. The van der Waals surface area contributed by atoms with E-state index in [0.717, 1.165) is 28.3 Å². The molecule has 0 aliphatic heterocycles. The molecular formula is C22H27ClN4O3. The van der Waals surface area contributed by atoms with Gasteiger partial charge in [-0.1, -0.05) is 0 Å². The molecular weight excluding hydrogens is 404 g/mol. The molecule has 0 saturated heterocycles. The molecule has 0 spiro atoms. The Balaban J connectivity index is 0.00000320. The topological polar surface area (TPSA) is 58.9 Å². The second kappa shape index (κ2) is 10.0. The maximum atomic E-state index is 6.13. The first-order valence-corrected chi connectivity index (χ1v) is 9.20. The monoisotopic (exact) mass is 430 g/mol. The lowest BCUT2D eigenvalue weighted by atomic mass is 10.2. The van der Waals surface area contributed by atoms with Crippen LogP contribution in [-0.4, -0.2) is 62.8 Å². The van der Waals surface area contributed by atoms with Gasteiger partial charge >= 0.3 is 5.96 Å². The number of fused-ring (bicyclic) bond motifs is 1. The molecule has 0 unspecified atom stereocenters. The van der Waals surface area contributed by atoms with Crippen LogP contribution in [0.5, 0.6) is 23.0 Å². The molecule has 1 heterocycles. The van der Waals surface area contributed by atoms with Crippen molar-refractivity contribution in [2.45, 2.75) is 0 Å². The van der Waals surface area contributed by atoms with Gasteiger partial charge in [-0.15, -0.1) is 0 Å². The summed E-state index contributed by atoms with van der Waals surface area (Å²) in [6.45, 7) is 0. The lowest BCUT2D eigenvalue weighted by Crippen LogP contribution is -3.00. The number of ether oxygens (including phenoxy) is 3. The largest absolute Gasteiger partial charge is 1.00 e. The van der Waals surface area contributed by atoms with Gasteiger partial charge in [0.25, 0.3) is 0 Å². The maximum Gasteiger partial charge on any atom is 0.352 e. The maximum absolute atomic E-state index is 6.13. The van der Waals surface area contributed by atoms with Gasteiger partial charge in [0.2, 0.25) is 0 Å².